The third kappa shape index (κ3) is 4.80. The Morgan fingerprint density at radius 3 is 2.50 bits per heavy atom. The Bertz CT molecular complexity index is 799. The van der Waals surface area contributed by atoms with Crippen LogP contribution >= 0.6 is 11.6 Å². The number of rotatable bonds is 5. The largest absolute Gasteiger partial charge is 0.434 e. The van der Waals surface area contributed by atoms with Crippen molar-refractivity contribution in [1.82, 2.24) is 0 Å². The standard InChI is InChI=1S/C17H11ClF2N2O2/c18-13-5-7-14(8-6-13)22-16(23)12(10-21)9-11-3-1-2-4-15(11)24-17(19)20/h1-9,17H,(H,22,23)/b12-9+. The zero-order chi connectivity index (χ0) is 17.5. The SMILES string of the molecule is N#C/C(=C\c1ccccc1OC(F)F)C(=O)Nc1ccc(Cl)cc1. The van der Waals surface area contributed by atoms with E-state index in [2.05, 4.69) is 10.1 Å². The van der Waals surface area contributed by atoms with Crippen molar-refractivity contribution in [1.29, 1.82) is 5.26 Å². The fourth-order valence-electron chi connectivity index (χ4n) is 1.84. The number of amides is 1. The van der Waals surface area contributed by atoms with Gasteiger partial charge in [0.15, 0.2) is 0 Å². The number of nitrogens with zero attached hydrogens (tertiary/aromatic N) is 1. The zero-order valence-electron chi connectivity index (χ0n) is 12.2. The number of halogens is 3. The minimum Gasteiger partial charge on any atom is -0.434 e. The molecule has 122 valence electrons. The minimum atomic E-state index is -3.01. The minimum absolute atomic E-state index is 0.125. The van der Waals surface area contributed by atoms with Crippen molar-refractivity contribution in [3.8, 4) is 11.8 Å². The maximum absolute atomic E-state index is 12.4. The number of nitriles is 1. The van der Waals surface area contributed by atoms with Gasteiger partial charge in [0, 0.05) is 16.3 Å². The molecular weight excluding hydrogens is 338 g/mol. The number of hydrogen-bond acceptors (Lipinski definition) is 3. The van der Waals surface area contributed by atoms with Crippen molar-refractivity contribution >= 4 is 29.3 Å². The first-order valence-corrected chi connectivity index (χ1v) is 7.10. The van der Waals surface area contributed by atoms with Crippen LogP contribution in [0.25, 0.3) is 6.08 Å². The molecule has 0 heterocycles. The molecule has 2 aromatic carbocycles. The van der Waals surface area contributed by atoms with Crippen LogP contribution in [0.15, 0.2) is 54.1 Å². The van der Waals surface area contributed by atoms with Crippen LogP contribution in [-0.4, -0.2) is 12.5 Å². The van der Waals surface area contributed by atoms with Gasteiger partial charge in [0.05, 0.1) is 0 Å². The summed E-state index contributed by atoms with van der Waals surface area (Å²) < 4.78 is 29.2. The van der Waals surface area contributed by atoms with Gasteiger partial charge in [0.1, 0.15) is 17.4 Å². The Labute approximate surface area is 141 Å². The highest BCUT2D eigenvalue weighted by Gasteiger charge is 2.13. The van der Waals surface area contributed by atoms with E-state index in [1.54, 1.807) is 36.4 Å². The number of anilines is 1. The summed E-state index contributed by atoms with van der Waals surface area (Å²) in [6.07, 6.45) is 1.18. The Morgan fingerprint density at radius 1 is 1.21 bits per heavy atom. The molecule has 7 heteroatoms. The third-order valence-corrected chi connectivity index (χ3v) is 3.15. The van der Waals surface area contributed by atoms with Gasteiger partial charge in [-0.3, -0.25) is 4.79 Å². The molecule has 0 saturated carbocycles. The lowest BCUT2D eigenvalue weighted by Crippen LogP contribution is -2.13. The molecule has 0 fully saturated rings. The Balaban J connectivity index is 2.24. The van der Waals surface area contributed by atoms with E-state index in [0.29, 0.717) is 10.7 Å². The maximum atomic E-state index is 12.4. The zero-order valence-corrected chi connectivity index (χ0v) is 12.9. The van der Waals surface area contributed by atoms with E-state index in [-0.39, 0.29) is 16.9 Å². The predicted octanol–water partition coefficient (Wildman–Crippen LogP) is 4.49. The fourth-order valence-corrected chi connectivity index (χ4v) is 1.96. The van der Waals surface area contributed by atoms with Crippen molar-refractivity contribution in [3.05, 3.63) is 64.7 Å². The van der Waals surface area contributed by atoms with E-state index >= 15 is 0 Å². The lowest BCUT2D eigenvalue weighted by atomic mass is 10.1. The molecule has 2 aromatic rings. The Kier molecular flexibility index (Phi) is 5.88. The molecule has 1 amide bonds. The number of para-hydroxylation sites is 1. The summed E-state index contributed by atoms with van der Waals surface area (Å²) >= 11 is 5.75. The number of carbonyl (C=O) groups excluding carboxylic acids is 1. The van der Waals surface area contributed by atoms with Crippen molar-refractivity contribution in [3.63, 3.8) is 0 Å². The summed E-state index contributed by atoms with van der Waals surface area (Å²) in [5.74, 6) is -0.800. The van der Waals surface area contributed by atoms with Crippen LogP contribution in [-0.2, 0) is 4.79 Å². The summed E-state index contributed by atoms with van der Waals surface area (Å²) in [6.45, 7) is -3.01. The molecule has 0 spiro atoms. The van der Waals surface area contributed by atoms with Crippen LogP contribution in [0.5, 0.6) is 5.75 Å². The topological polar surface area (TPSA) is 62.1 Å². The summed E-state index contributed by atoms with van der Waals surface area (Å²) in [4.78, 5) is 12.1. The number of ether oxygens (including phenoxy) is 1. The Morgan fingerprint density at radius 2 is 1.88 bits per heavy atom. The van der Waals surface area contributed by atoms with E-state index in [1.165, 1.54) is 24.3 Å². The Hall–Kier alpha value is -2.91. The number of hydrogen-bond donors (Lipinski definition) is 1. The molecule has 0 aliphatic rings. The number of alkyl halides is 2. The fraction of sp³-hybridized carbons (Fsp3) is 0.0588. The van der Waals surface area contributed by atoms with Crippen LogP contribution in [0.3, 0.4) is 0 Å². The molecule has 2 rings (SSSR count). The monoisotopic (exact) mass is 348 g/mol. The highest BCUT2D eigenvalue weighted by atomic mass is 35.5. The molecule has 0 aromatic heterocycles. The highest BCUT2D eigenvalue weighted by molar-refractivity contribution is 6.30. The number of benzene rings is 2. The normalized spacial score (nSPS) is 11.0. The van der Waals surface area contributed by atoms with Crippen molar-refractivity contribution in [2.24, 2.45) is 0 Å². The van der Waals surface area contributed by atoms with Gasteiger partial charge in [-0.2, -0.15) is 14.0 Å². The van der Waals surface area contributed by atoms with E-state index < -0.39 is 12.5 Å². The molecular formula is C17H11ClF2N2O2. The quantitative estimate of drug-likeness (QED) is 0.639. The van der Waals surface area contributed by atoms with Gasteiger partial charge in [-0.1, -0.05) is 29.8 Å². The predicted molar refractivity (Wildman–Crippen MR) is 86.7 cm³/mol. The molecule has 0 aliphatic carbocycles. The van der Waals surface area contributed by atoms with Gasteiger partial charge in [0.25, 0.3) is 5.91 Å². The maximum Gasteiger partial charge on any atom is 0.387 e. The summed E-state index contributed by atoms with van der Waals surface area (Å²) in [7, 11) is 0. The third-order valence-electron chi connectivity index (χ3n) is 2.90. The average Bonchev–Trinajstić information content (AvgIpc) is 2.55. The smallest absolute Gasteiger partial charge is 0.387 e. The molecule has 0 unspecified atom stereocenters. The lowest BCUT2D eigenvalue weighted by molar-refractivity contribution is -0.112. The van der Waals surface area contributed by atoms with Crippen molar-refractivity contribution in [2.75, 3.05) is 5.32 Å². The van der Waals surface area contributed by atoms with Crippen molar-refractivity contribution < 1.29 is 18.3 Å². The summed E-state index contributed by atoms with van der Waals surface area (Å²) in [5, 5.41) is 12.2. The lowest BCUT2D eigenvalue weighted by Gasteiger charge is -2.08. The second-order valence-electron chi connectivity index (χ2n) is 4.55. The van der Waals surface area contributed by atoms with Crippen molar-refractivity contribution in [2.45, 2.75) is 6.61 Å². The van der Waals surface area contributed by atoms with Gasteiger partial charge in [-0.05, 0) is 36.4 Å². The van der Waals surface area contributed by atoms with Crippen LogP contribution < -0.4 is 10.1 Å². The summed E-state index contributed by atoms with van der Waals surface area (Å²) in [6, 6.07) is 13.9. The van der Waals surface area contributed by atoms with Crippen LogP contribution in [0.2, 0.25) is 5.02 Å². The van der Waals surface area contributed by atoms with Gasteiger partial charge >= 0.3 is 6.61 Å². The van der Waals surface area contributed by atoms with Gasteiger partial charge in [-0.15, -0.1) is 0 Å². The second-order valence-corrected chi connectivity index (χ2v) is 4.98. The van der Waals surface area contributed by atoms with Crippen LogP contribution in [0.1, 0.15) is 5.56 Å². The first kappa shape index (κ1) is 17.4. The molecule has 0 aliphatic heterocycles. The second kappa shape index (κ2) is 8.09. The van der Waals surface area contributed by atoms with E-state index in [0.717, 1.165) is 0 Å². The highest BCUT2D eigenvalue weighted by Crippen LogP contribution is 2.23. The molecule has 4 nitrogen and oxygen atoms in total. The molecule has 0 atom stereocenters. The van der Waals surface area contributed by atoms with Gasteiger partial charge < -0.3 is 10.1 Å². The summed E-state index contributed by atoms with van der Waals surface area (Å²) in [5.41, 5.74) is 0.388. The van der Waals surface area contributed by atoms with Gasteiger partial charge in [-0.25, -0.2) is 0 Å². The molecule has 0 bridgehead atoms. The number of carbonyl (C=O) groups is 1. The number of nitrogens with one attached hydrogen (secondary N) is 1. The van der Waals surface area contributed by atoms with E-state index in [1.807, 2.05) is 0 Å². The van der Waals surface area contributed by atoms with E-state index in [9.17, 15) is 13.6 Å². The van der Waals surface area contributed by atoms with Crippen LogP contribution in [0, 0.1) is 11.3 Å². The first-order valence-electron chi connectivity index (χ1n) is 6.72. The first-order chi connectivity index (χ1) is 11.5. The molecule has 24 heavy (non-hydrogen) atoms. The molecule has 1 N–H and O–H groups in total. The van der Waals surface area contributed by atoms with E-state index in [4.69, 9.17) is 16.9 Å². The van der Waals surface area contributed by atoms with Gasteiger partial charge in [0.2, 0.25) is 0 Å². The molecule has 0 radical (unpaired) electrons. The average molecular weight is 349 g/mol. The molecule has 0 saturated heterocycles. The van der Waals surface area contributed by atoms with Crippen LogP contribution in [0.4, 0.5) is 14.5 Å².